The van der Waals surface area contributed by atoms with E-state index >= 15 is 0 Å². The molecule has 0 aromatic carbocycles. The summed E-state index contributed by atoms with van der Waals surface area (Å²) < 4.78 is 22.2. The van der Waals surface area contributed by atoms with E-state index in [2.05, 4.69) is 13.2 Å². The molecule has 37 heavy (non-hydrogen) atoms. The van der Waals surface area contributed by atoms with Crippen LogP contribution in [-0.4, -0.2) is 72.2 Å². The van der Waals surface area contributed by atoms with E-state index in [0.29, 0.717) is 6.42 Å². The molecule has 1 aliphatic heterocycles. The minimum absolute atomic E-state index is 0.0188. The van der Waals surface area contributed by atoms with Crippen LogP contribution in [0.4, 0.5) is 0 Å². The summed E-state index contributed by atoms with van der Waals surface area (Å²) in [5.41, 5.74) is 0.877. The number of carbonyl (C=O) groups is 4. The predicted octanol–water partition coefficient (Wildman–Crippen LogP) is 1.56. The molecule has 0 aromatic rings. The highest BCUT2D eigenvalue weighted by atomic mass is 16.6. The van der Waals surface area contributed by atoms with Gasteiger partial charge in [0.05, 0.1) is 30.3 Å². The first-order valence-electron chi connectivity index (χ1n) is 12.2. The lowest BCUT2D eigenvalue weighted by Gasteiger charge is -2.30. The topological polar surface area (TPSA) is 146 Å². The second kappa shape index (κ2) is 11.9. The van der Waals surface area contributed by atoms with Crippen LogP contribution in [0.3, 0.4) is 0 Å². The number of esters is 4. The van der Waals surface area contributed by atoms with E-state index in [9.17, 15) is 29.4 Å². The van der Waals surface area contributed by atoms with Crippen LogP contribution in [-0.2, 0) is 38.1 Å². The molecule has 2 saturated carbocycles. The number of fused-ring (bicyclic) bond motifs is 3. The van der Waals surface area contributed by atoms with Gasteiger partial charge in [0.25, 0.3) is 0 Å². The molecule has 1 heterocycles. The van der Waals surface area contributed by atoms with Gasteiger partial charge in [-0.15, -0.1) is 0 Å². The number of hydrogen-bond acceptors (Lipinski definition) is 10. The Morgan fingerprint density at radius 2 is 1.81 bits per heavy atom. The van der Waals surface area contributed by atoms with Crippen LogP contribution in [0, 0.1) is 23.7 Å². The van der Waals surface area contributed by atoms with Crippen molar-refractivity contribution in [3.8, 4) is 0 Å². The Morgan fingerprint density at radius 3 is 2.41 bits per heavy atom. The number of carbonyl (C=O) groups excluding carboxylic acids is 4. The molecule has 10 heteroatoms. The summed E-state index contributed by atoms with van der Waals surface area (Å²) in [4.78, 5) is 49.4. The van der Waals surface area contributed by atoms with Gasteiger partial charge in [0.1, 0.15) is 24.9 Å². The molecule has 0 spiro atoms. The fourth-order valence-corrected chi connectivity index (χ4v) is 5.62. The lowest BCUT2D eigenvalue weighted by molar-refractivity contribution is -0.153. The van der Waals surface area contributed by atoms with E-state index < -0.39 is 55.9 Å². The predicted molar refractivity (Wildman–Crippen MR) is 129 cm³/mol. The van der Waals surface area contributed by atoms with Crippen molar-refractivity contribution in [1.82, 2.24) is 0 Å². The standard InChI is InChI=1S/C27H34O10/c1-6-17(11-29)26(32)34-12-18(7-8-28)27(33)36-21-9-13(2)19-10-20(35-16(5)30)14(3)22(19)24-23(21)15(4)25(31)37-24/h6-7,14,19-24,28-29H,2,4,8-12H2,1,3,5H3/b17-6+,18-7+/t14-,19-,20+,21-,22+,23-,24-/m1/s1. The molecule has 202 valence electrons. The molecule has 3 aliphatic rings. The molecule has 2 aliphatic carbocycles. The van der Waals surface area contributed by atoms with E-state index in [1.165, 1.54) is 19.1 Å². The third-order valence-electron chi connectivity index (χ3n) is 7.49. The Bertz CT molecular complexity index is 1040. The first-order valence-corrected chi connectivity index (χ1v) is 12.2. The van der Waals surface area contributed by atoms with Gasteiger partial charge in [0.2, 0.25) is 0 Å². The monoisotopic (exact) mass is 518 g/mol. The zero-order valence-corrected chi connectivity index (χ0v) is 21.3. The molecule has 3 fully saturated rings. The summed E-state index contributed by atoms with van der Waals surface area (Å²) in [6.45, 7) is 11.4. The largest absolute Gasteiger partial charge is 0.462 e. The van der Waals surface area contributed by atoms with Crippen LogP contribution in [0.15, 0.2) is 47.6 Å². The quantitative estimate of drug-likeness (QED) is 0.210. The van der Waals surface area contributed by atoms with Gasteiger partial charge < -0.3 is 29.2 Å². The molecule has 3 rings (SSSR count). The van der Waals surface area contributed by atoms with Crippen LogP contribution in [0.25, 0.3) is 0 Å². The third-order valence-corrected chi connectivity index (χ3v) is 7.49. The Kier molecular flexibility index (Phi) is 9.09. The van der Waals surface area contributed by atoms with Crippen molar-refractivity contribution in [2.24, 2.45) is 23.7 Å². The van der Waals surface area contributed by atoms with Crippen LogP contribution >= 0.6 is 0 Å². The summed E-state index contributed by atoms with van der Waals surface area (Å²) in [5, 5.41) is 18.6. The second-order valence-electron chi connectivity index (χ2n) is 9.61. The van der Waals surface area contributed by atoms with E-state index in [4.69, 9.17) is 18.9 Å². The SMILES string of the molecule is C=C1C(=O)O[C@H]2[C@H]1[C@H](OC(=O)/C(=C/CO)COC(=O)/C(=C/C)CO)CC(=C)[C@H]1C[C@H](OC(C)=O)[C@@H](C)[C@H]21. The molecule has 1 saturated heterocycles. The lowest BCUT2D eigenvalue weighted by Crippen LogP contribution is -2.38. The molecule has 0 unspecified atom stereocenters. The number of rotatable bonds is 8. The number of ether oxygens (including phenoxy) is 4. The summed E-state index contributed by atoms with van der Waals surface area (Å²) in [7, 11) is 0. The zero-order valence-electron chi connectivity index (χ0n) is 21.3. The third kappa shape index (κ3) is 5.86. The van der Waals surface area contributed by atoms with E-state index in [-0.39, 0.29) is 53.0 Å². The van der Waals surface area contributed by atoms with Crippen LogP contribution in [0.1, 0.15) is 33.6 Å². The van der Waals surface area contributed by atoms with Gasteiger partial charge in [-0.2, -0.15) is 0 Å². The Morgan fingerprint density at radius 1 is 1.11 bits per heavy atom. The molecular formula is C27H34O10. The van der Waals surface area contributed by atoms with Crippen molar-refractivity contribution in [2.75, 3.05) is 19.8 Å². The van der Waals surface area contributed by atoms with Crippen molar-refractivity contribution < 1.29 is 48.3 Å². The van der Waals surface area contributed by atoms with Gasteiger partial charge in [-0.1, -0.05) is 31.7 Å². The smallest absolute Gasteiger partial charge is 0.337 e. The number of allylic oxidation sites excluding steroid dienone is 1. The van der Waals surface area contributed by atoms with Gasteiger partial charge in [-0.3, -0.25) is 4.79 Å². The normalized spacial score (nSPS) is 31.7. The van der Waals surface area contributed by atoms with E-state index in [1.807, 2.05) is 6.92 Å². The van der Waals surface area contributed by atoms with E-state index in [0.717, 1.165) is 5.57 Å². The van der Waals surface area contributed by atoms with Crippen molar-refractivity contribution in [1.29, 1.82) is 0 Å². The Hall–Kier alpha value is -3.24. The highest BCUT2D eigenvalue weighted by Crippen LogP contribution is 2.53. The molecule has 0 aromatic heterocycles. The maximum absolute atomic E-state index is 13.1. The molecule has 0 bridgehead atoms. The van der Waals surface area contributed by atoms with E-state index in [1.54, 1.807) is 6.92 Å². The molecule has 0 radical (unpaired) electrons. The Balaban J connectivity index is 1.82. The molecule has 7 atom stereocenters. The fraction of sp³-hybridized carbons (Fsp3) is 0.556. The first kappa shape index (κ1) is 28.3. The average Bonchev–Trinajstić information content (AvgIpc) is 3.27. The summed E-state index contributed by atoms with van der Waals surface area (Å²) in [5.74, 6) is -3.73. The van der Waals surface area contributed by atoms with Gasteiger partial charge >= 0.3 is 23.9 Å². The summed E-state index contributed by atoms with van der Waals surface area (Å²) >= 11 is 0. The summed E-state index contributed by atoms with van der Waals surface area (Å²) in [6, 6.07) is 0. The Labute approximate surface area is 215 Å². The van der Waals surface area contributed by atoms with Crippen molar-refractivity contribution in [2.45, 2.75) is 51.9 Å². The zero-order chi connectivity index (χ0) is 27.4. The number of aliphatic hydroxyl groups excluding tert-OH is 2. The van der Waals surface area contributed by atoms with Crippen LogP contribution < -0.4 is 0 Å². The molecule has 0 amide bonds. The van der Waals surface area contributed by atoms with Crippen molar-refractivity contribution in [3.05, 3.63) is 47.6 Å². The highest BCUT2D eigenvalue weighted by molar-refractivity contribution is 5.93. The molecular weight excluding hydrogens is 484 g/mol. The van der Waals surface area contributed by atoms with Gasteiger partial charge in [0.15, 0.2) is 0 Å². The highest BCUT2D eigenvalue weighted by Gasteiger charge is 2.58. The maximum atomic E-state index is 13.1. The van der Waals surface area contributed by atoms with Gasteiger partial charge in [-0.05, 0) is 25.3 Å². The minimum Gasteiger partial charge on any atom is -0.462 e. The lowest BCUT2D eigenvalue weighted by atomic mass is 9.79. The molecule has 2 N–H and O–H groups in total. The molecule has 10 nitrogen and oxygen atoms in total. The maximum Gasteiger partial charge on any atom is 0.337 e. The summed E-state index contributed by atoms with van der Waals surface area (Å²) in [6.07, 6.45) is 1.45. The van der Waals surface area contributed by atoms with Crippen LogP contribution in [0.2, 0.25) is 0 Å². The van der Waals surface area contributed by atoms with Gasteiger partial charge in [-0.25, -0.2) is 14.4 Å². The van der Waals surface area contributed by atoms with Gasteiger partial charge in [0, 0.05) is 30.8 Å². The minimum atomic E-state index is -0.838. The number of aliphatic hydroxyl groups is 2. The number of hydrogen-bond donors (Lipinski definition) is 2. The van der Waals surface area contributed by atoms with Crippen LogP contribution in [0.5, 0.6) is 0 Å². The van der Waals surface area contributed by atoms with Crippen molar-refractivity contribution in [3.63, 3.8) is 0 Å². The average molecular weight is 519 g/mol. The first-order chi connectivity index (χ1) is 17.5. The second-order valence-corrected chi connectivity index (χ2v) is 9.61. The fourth-order valence-electron chi connectivity index (χ4n) is 5.62. The van der Waals surface area contributed by atoms with Crippen molar-refractivity contribution >= 4 is 23.9 Å².